The summed E-state index contributed by atoms with van der Waals surface area (Å²) < 4.78 is 25.6. The van der Waals surface area contributed by atoms with Gasteiger partial charge in [-0.3, -0.25) is 4.79 Å². The largest absolute Gasteiger partial charge is 0.381 e. The predicted octanol–water partition coefficient (Wildman–Crippen LogP) is 7.69. The van der Waals surface area contributed by atoms with Crippen LogP contribution < -0.4 is 5.32 Å². The Labute approximate surface area is 283 Å². The van der Waals surface area contributed by atoms with Crippen LogP contribution in [0.4, 0.5) is 4.39 Å². The molecule has 7 atom stereocenters. The van der Waals surface area contributed by atoms with Crippen molar-refractivity contribution in [3.63, 3.8) is 0 Å². The van der Waals surface area contributed by atoms with Crippen LogP contribution in [-0.4, -0.2) is 52.2 Å². The molecule has 3 aliphatic heterocycles. The first-order chi connectivity index (χ1) is 22.8. The van der Waals surface area contributed by atoms with Gasteiger partial charge in [-0.05, 0) is 75.1 Å². The summed E-state index contributed by atoms with van der Waals surface area (Å²) >= 11 is 13.1. The van der Waals surface area contributed by atoms with Crippen LogP contribution >= 0.6 is 23.2 Å². The summed E-state index contributed by atoms with van der Waals surface area (Å²) in [5.41, 5.74) is 4.62. The highest BCUT2D eigenvalue weighted by atomic mass is 35.5. The molecule has 10 heteroatoms. The average molecular weight is 673 g/mol. The predicted molar refractivity (Wildman–Crippen MR) is 180 cm³/mol. The van der Waals surface area contributed by atoms with Crippen molar-refractivity contribution in [2.45, 2.75) is 82.1 Å². The number of piperidine rings is 1. The number of hydrogen-bond donors (Lipinski definition) is 1. The average Bonchev–Trinajstić information content (AvgIpc) is 3.46. The number of carbonyl (C=O) groups excluding carboxylic acids is 1. The number of likely N-dealkylation sites (tertiary alicyclic amines) is 1. The van der Waals surface area contributed by atoms with E-state index in [1.54, 1.807) is 25.3 Å². The Morgan fingerprint density at radius 1 is 1.19 bits per heavy atom. The molecule has 6 aliphatic rings. The molecule has 2 aromatic heterocycles. The third kappa shape index (κ3) is 4.29. The van der Waals surface area contributed by atoms with E-state index in [0.29, 0.717) is 40.1 Å². The van der Waals surface area contributed by atoms with E-state index in [-0.39, 0.29) is 58.9 Å². The topological polar surface area (TPSA) is 83.2 Å². The number of methoxy groups -OCH3 is 1. The van der Waals surface area contributed by atoms with Gasteiger partial charge >= 0.3 is 0 Å². The lowest BCUT2D eigenvalue weighted by molar-refractivity contribution is -0.139. The number of rotatable bonds is 7. The van der Waals surface area contributed by atoms with E-state index in [4.69, 9.17) is 32.9 Å². The summed E-state index contributed by atoms with van der Waals surface area (Å²) in [6.07, 6.45) is 5.51. The molecule has 2 aromatic carbocycles. The van der Waals surface area contributed by atoms with Gasteiger partial charge < -0.3 is 19.5 Å². The number of nitrogens with zero attached hydrogens (tertiary/aromatic N) is 4. The summed E-state index contributed by atoms with van der Waals surface area (Å²) in [6, 6.07) is 12.3. The van der Waals surface area contributed by atoms with Crippen molar-refractivity contribution in [3.8, 4) is 17.2 Å². The van der Waals surface area contributed by atoms with Gasteiger partial charge in [0, 0.05) is 77.3 Å². The zero-order valence-electron chi connectivity index (χ0n) is 26.4. The highest BCUT2D eigenvalue weighted by Gasteiger charge is 2.58. The number of benzene rings is 2. The second-order valence-electron chi connectivity index (χ2n) is 14.3. The molecule has 6 fully saturated rings. The molecule has 3 aliphatic carbocycles. The Kier molecular flexibility index (Phi) is 6.93. The lowest BCUT2D eigenvalue weighted by Crippen LogP contribution is -2.47. The van der Waals surface area contributed by atoms with Crippen molar-refractivity contribution >= 4 is 50.9 Å². The van der Waals surface area contributed by atoms with E-state index in [0.717, 1.165) is 66.3 Å². The summed E-state index contributed by atoms with van der Waals surface area (Å²) in [5.74, 6) is 0.583. The Morgan fingerprint density at radius 3 is 2.72 bits per heavy atom. The first-order valence-electron chi connectivity index (χ1n) is 16.9. The smallest absolute Gasteiger partial charge is 0.226 e. The van der Waals surface area contributed by atoms with Gasteiger partial charge in [-0.1, -0.05) is 35.3 Å². The van der Waals surface area contributed by atoms with E-state index in [9.17, 15) is 10.1 Å². The molecular formula is C37H36Cl2FN5O2. The highest BCUT2D eigenvalue weighted by molar-refractivity contribution is 6.43. The maximum atomic E-state index is 17.1. The normalized spacial score (nSPS) is 29.2. The highest BCUT2D eigenvalue weighted by Crippen LogP contribution is 2.56. The van der Waals surface area contributed by atoms with Crippen molar-refractivity contribution in [1.82, 2.24) is 19.8 Å². The van der Waals surface area contributed by atoms with Gasteiger partial charge in [0.2, 0.25) is 5.91 Å². The van der Waals surface area contributed by atoms with E-state index in [2.05, 4.69) is 26.9 Å². The maximum Gasteiger partial charge on any atom is 0.226 e. The van der Waals surface area contributed by atoms with Gasteiger partial charge in [0.1, 0.15) is 5.52 Å². The van der Waals surface area contributed by atoms with Gasteiger partial charge in [0.25, 0.3) is 0 Å². The molecule has 0 spiro atoms. The second-order valence-corrected chi connectivity index (χ2v) is 15.1. The molecule has 4 bridgehead atoms. The van der Waals surface area contributed by atoms with Gasteiger partial charge in [-0.15, -0.1) is 0 Å². The quantitative estimate of drug-likeness (QED) is 0.218. The zero-order valence-corrected chi connectivity index (χ0v) is 27.9. The van der Waals surface area contributed by atoms with Crippen LogP contribution in [0.1, 0.15) is 67.6 Å². The van der Waals surface area contributed by atoms with E-state index >= 15 is 4.39 Å². The Balaban J connectivity index is 1.33. The van der Waals surface area contributed by atoms with E-state index < -0.39 is 5.82 Å². The minimum absolute atomic E-state index is 0.0898. The molecule has 5 heterocycles. The minimum Gasteiger partial charge on any atom is -0.381 e. The monoisotopic (exact) mass is 671 g/mol. The van der Waals surface area contributed by atoms with E-state index in [1.165, 1.54) is 0 Å². The number of hydrogen-bond acceptors (Lipinski definition) is 5. The van der Waals surface area contributed by atoms with Crippen molar-refractivity contribution in [1.29, 1.82) is 5.26 Å². The number of ether oxygens (including phenoxy) is 1. The maximum absolute atomic E-state index is 17.1. The lowest BCUT2D eigenvalue weighted by Gasteiger charge is -2.43. The van der Waals surface area contributed by atoms with Gasteiger partial charge in [0.05, 0.1) is 39.8 Å². The van der Waals surface area contributed by atoms with Gasteiger partial charge in [-0.25, -0.2) is 9.37 Å². The van der Waals surface area contributed by atoms with Crippen LogP contribution in [0.2, 0.25) is 10.0 Å². The van der Waals surface area contributed by atoms with Crippen LogP contribution in [0, 0.1) is 41.8 Å². The van der Waals surface area contributed by atoms with Crippen molar-refractivity contribution < 1.29 is 13.9 Å². The molecule has 1 N–H and O–H groups in total. The standard InChI is InChI=1S/C37H36Cl2FN5O2/c1-17-23-15-28(36-24-13-21(14-29(24)47-2)44(36)37(46)18-8-9-18)45(34-20-12-27(34)42-16-20)35(23)25-11-19(5-4-10-41)30(32(40)33(25)43-17)22-6-3-7-26(38)31(22)39/h3,6-7,11,15,18,20-21,24,27,29,34,36,42H,4-5,8-9,12-14,16H2,1-2H3/t20-,21-,24+,27-,29-,34?,36-/m1/s1. The molecule has 1 unspecified atom stereocenters. The van der Waals surface area contributed by atoms with Crippen LogP contribution in [0.25, 0.3) is 32.9 Å². The van der Waals surface area contributed by atoms with E-state index in [1.807, 2.05) is 13.0 Å². The number of nitriles is 1. The fourth-order valence-corrected chi connectivity index (χ4v) is 9.95. The van der Waals surface area contributed by atoms with Crippen LogP contribution in [0.3, 0.4) is 0 Å². The number of carbonyl (C=O) groups is 1. The second kappa shape index (κ2) is 10.9. The molecule has 3 saturated carbocycles. The van der Waals surface area contributed by atoms with Crippen LogP contribution in [0.5, 0.6) is 0 Å². The number of nitrogens with one attached hydrogen (secondary N) is 1. The van der Waals surface area contributed by atoms with Crippen LogP contribution in [0.15, 0.2) is 30.3 Å². The number of pyridine rings is 1. The molecule has 4 aromatic rings. The van der Waals surface area contributed by atoms with Crippen molar-refractivity contribution in [2.75, 3.05) is 13.7 Å². The number of halogens is 3. The molecule has 0 radical (unpaired) electrons. The molecule has 3 saturated heterocycles. The number of amides is 1. The first-order valence-corrected chi connectivity index (χ1v) is 17.6. The van der Waals surface area contributed by atoms with Crippen LogP contribution in [-0.2, 0) is 16.0 Å². The number of fused-ring (bicyclic) bond motifs is 6. The van der Waals surface area contributed by atoms with Crippen molar-refractivity contribution in [3.05, 3.63) is 63.1 Å². The molecule has 7 nitrogen and oxygen atoms in total. The fraction of sp³-hybridized carbons (Fsp3) is 0.486. The third-order valence-electron chi connectivity index (χ3n) is 11.8. The van der Waals surface area contributed by atoms with Gasteiger partial charge in [0.15, 0.2) is 5.82 Å². The third-order valence-corrected chi connectivity index (χ3v) is 12.7. The molecular weight excluding hydrogens is 636 g/mol. The number of aryl methyl sites for hydroxylation is 2. The fourth-order valence-electron chi connectivity index (χ4n) is 9.56. The Hall–Kier alpha value is -3.22. The molecule has 10 rings (SSSR count). The summed E-state index contributed by atoms with van der Waals surface area (Å²) in [5, 5.41) is 15.6. The Bertz CT molecular complexity index is 2020. The summed E-state index contributed by atoms with van der Waals surface area (Å²) in [4.78, 5) is 21.1. The molecule has 1 amide bonds. The summed E-state index contributed by atoms with van der Waals surface area (Å²) in [6.45, 7) is 2.89. The lowest BCUT2D eigenvalue weighted by atomic mass is 9.79. The van der Waals surface area contributed by atoms with Gasteiger partial charge in [-0.2, -0.15) is 5.26 Å². The molecule has 47 heavy (non-hydrogen) atoms. The van der Waals surface area contributed by atoms with Crippen molar-refractivity contribution in [2.24, 2.45) is 17.8 Å². The molecule has 242 valence electrons. The zero-order chi connectivity index (χ0) is 32.3. The summed E-state index contributed by atoms with van der Waals surface area (Å²) in [7, 11) is 1.79. The Morgan fingerprint density at radius 2 is 2.02 bits per heavy atom. The first kappa shape index (κ1) is 29.9. The number of aromatic nitrogens is 2. The SMILES string of the molecule is CO[C@@H]1C[C@H]2C[C@@H]1[C@H](c1cc3c(C)nc4c(F)c(-c5cccc(Cl)c5Cl)c(CCC#N)cc4c3n1C1[C@H]3CN[C@@H]1C3)N2C(=O)C1CC1. The minimum atomic E-state index is -0.460.